The molecule has 0 spiro atoms. The van der Waals surface area contributed by atoms with Crippen molar-refractivity contribution >= 4 is 0 Å². The first-order valence-electron chi connectivity index (χ1n) is 5.80. The first kappa shape index (κ1) is 11.6. The summed E-state index contributed by atoms with van der Waals surface area (Å²) in [4.78, 5) is 2.13. The third kappa shape index (κ3) is 2.26. The maximum atomic E-state index is 9.08. The smallest absolute Gasteiger partial charge is 0.137 e. The zero-order chi connectivity index (χ0) is 11.5. The molecule has 1 heterocycles. The second-order valence-electron chi connectivity index (χ2n) is 4.33. The Morgan fingerprint density at radius 2 is 2.06 bits per heavy atom. The van der Waals surface area contributed by atoms with Gasteiger partial charge in [0.25, 0.3) is 0 Å². The molecule has 0 aliphatic carbocycles. The highest BCUT2D eigenvalue weighted by molar-refractivity contribution is 5.24. The molecule has 16 heavy (non-hydrogen) atoms. The van der Waals surface area contributed by atoms with Crippen LogP contribution in [0.4, 0.5) is 0 Å². The van der Waals surface area contributed by atoms with Crippen LogP contribution in [0.1, 0.15) is 24.3 Å². The van der Waals surface area contributed by atoms with Crippen LogP contribution >= 0.6 is 0 Å². The average Bonchev–Trinajstić information content (AvgIpc) is 2.71. The highest BCUT2D eigenvalue weighted by Crippen LogP contribution is 2.28. The van der Waals surface area contributed by atoms with Gasteiger partial charge in [-0.15, -0.1) is 0 Å². The fourth-order valence-corrected chi connectivity index (χ4v) is 2.10. The van der Waals surface area contributed by atoms with Crippen LogP contribution in [0.25, 0.3) is 0 Å². The number of benzene rings is 1. The lowest BCUT2D eigenvalue weighted by atomic mass is 10.1. The van der Waals surface area contributed by atoms with E-state index in [2.05, 4.69) is 36.1 Å². The Balaban J connectivity index is 2.11. The standard InChI is InChI=1S/C13H19NO2/c1-3-10-4-6-11(7-5-10)13-14(2)8-12(9-15)16-13/h4-7,12-13,15H,3,8-9H2,1-2H3. The van der Waals surface area contributed by atoms with E-state index >= 15 is 0 Å². The second-order valence-corrected chi connectivity index (χ2v) is 4.33. The van der Waals surface area contributed by atoms with Gasteiger partial charge in [0.1, 0.15) is 6.23 Å². The SMILES string of the molecule is CCc1ccc(C2OC(CO)CN2C)cc1. The molecule has 2 unspecified atom stereocenters. The number of aryl methyl sites for hydroxylation is 1. The minimum atomic E-state index is -0.0548. The molecule has 1 aromatic rings. The Kier molecular flexibility index (Phi) is 3.59. The summed E-state index contributed by atoms with van der Waals surface area (Å²) < 4.78 is 5.76. The van der Waals surface area contributed by atoms with E-state index in [4.69, 9.17) is 9.84 Å². The van der Waals surface area contributed by atoms with Crippen molar-refractivity contribution in [1.29, 1.82) is 0 Å². The molecule has 0 aromatic heterocycles. The maximum absolute atomic E-state index is 9.08. The van der Waals surface area contributed by atoms with Gasteiger partial charge in [0.15, 0.2) is 0 Å². The van der Waals surface area contributed by atoms with Crippen LogP contribution in [-0.4, -0.2) is 36.3 Å². The molecule has 3 heteroatoms. The van der Waals surface area contributed by atoms with Gasteiger partial charge >= 0.3 is 0 Å². The Morgan fingerprint density at radius 3 is 2.56 bits per heavy atom. The van der Waals surface area contributed by atoms with E-state index in [1.54, 1.807) is 0 Å². The largest absolute Gasteiger partial charge is 0.394 e. The zero-order valence-corrected chi connectivity index (χ0v) is 9.89. The number of aliphatic hydroxyl groups is 1. The summed E-state index contributed by atoms with van der Waals surface area (Å²) in [6.07, 6.45) is 0.991. The summed E-state index contributed by atoms with van der Waals surface area (Å²) in [7, 11) is 2.02. The lowest BCUT2D eigenvalue weighted by molar-refractivity contribution is -0.0139. The van der Waals surface area contributed by atoms with Crippen molar-refractivity contribution in [3.8, 4) is 0 Å². The van der Waals surface area contributed by atoms with Crippen molar-refractivity contribution < 1.29 is 9.84 Å². The fourth-order valence-electron chi connectivity index (χ4n) is 2.10. The fraction of sp³-hybridized carbons (Fsp3) is 0.538. The van der Waals surface area contributed by atoms with Crippen molar-refractivity contribution in [3.05, 3.63) is 35.4 Å². The number of nitrogens with zero attached hydrogens (tertiary/aromatic N) is 1. The van der Waals surface area contributed by atoms with Gasteiger partial charge < -0.3 is 9.84 Å². The van der Waals surface area contributed by atoms with E-state index in [1.165, 1.54) is 5.56 Å². The van der Waals surface area contributed by atoms with Crippen molar-refractivity contribution in [2.24, 2.45) is 0 Å². The van der Waals surface area contributed by atoms with Gasteiger partial charge in [-0.05, 0) is 24.6 Å². The molecule has 0 bridgehead atoms. The topological polar surface area (TPSA) is 32.7 Å². The van der Waals surface area contributed by atoms with Gasteiger partial charge in [-0.25, -0.2) is 0 Å². The Labute approximate surface area is 96.6 Å². The number of hydrogen-bond acceptors (Lipinski definition) is 3. The molecule has 1 saturated heterocycles. The molecule has 2 atom stereocenters. The van der Waals surface area contributed by atoms with E-state index in [1.807, 2.05) is 7.05 Å². The molecular formula is C13H19NO2. The van der Waals surface area contributed by atoms with Crippen molar-refractivity contribution in [2.75, 3.05) is 20.2 Å². The molecule has 1 aromatic carbocycles. The molecule has 2 rings (SSSR count). The monoisotopic (exact) mass is 221 g/mol. The van der Waals surface area contributed by atoms with Crippen LogP contribution in [0.15, 0.2) is 24.3 Å². The molecule has 0 radical (unpaired) electrons. The van der Waals surface area contributed by atoms with Gasteiger partial charge in [-0.3, -0.25) is 4.90 Å². The van der Waals surface area contributed by atoms with Crippen LogP contribution in [0.3, 0.4) is 0 Å². The highest BCUT2D eigenvalue weighted by atomic mass is 16.5. The molecule has 1 fully saturated rings. The molecule has 0 saturated carbocycles. The molecule has 1 aliphatic rings. The first-order chi connectivity index (χ1) is 7.74. The van der Waals surface area contributed by atoms with Gasteiger partial charge in [-0.2, -0.15) is 0 Å². The Morgan fingerprint density at radius 1 is 1.38 bits per heavy atom. The number of likely N-dealkylation sites (N-methyl/N-ethyl adjacent to an activating group) is 1. The van der Waals surface area contributed by atoms with Crippen molar-refractivity contribution in [1.82, 2.24) is 4.90 Å². The van der Waals surface area contributed by atoms with Crippen LogP contribution in [-0.2, 0) is 11.2 Å². The van der Waals surface area contributed by atoms with E-state index in [9.17, 15) is 0 Å². The van der Waals surface area contributed by atoms with E-state index in [0.29, 0.717) is 0 Å². The predicted molar refractivity (Wildman–Crippen MR) is 63.1 cm³/mol. The summed E-state index contributed by atoms with van der Waals surface area (Å²) >= 11 is 0. The molecule has 88 valence electrons. The van der Waals surface area contributed by atoms with Crippen LogP contribution < -0.4 is 0 Å². The number of aliphatic hydroxyl groups excluding tert-OH is 1. The molecular weight excluding hydrogens is 202 g/mol. The third-order valence-corrected chi connectivity index (χ3v) is 3.09. The van der Waals surface area contributed by atoms with Crippen molar-refractivity contribution in [3.63, 3.8) is 0 Å². The van der Waals surface area contributed by atoms with Gasteiger partial charge in [0.2, 0.25) is 0 Å². The van der Waals surface area contributed by atoms with Gasteiger partial charge in [0, 0.05) is 6.54 Å². The Bertz CT molecular complexity index is 336. The third-order valence-electron chi connectivity index (χ3n) is 3.09. The molecule has 3 nitrogen and oxygen atoms in total. The molecule has 1 aliphatic heterocycles. The van der Waals surface area contributed by atoms with Crippen LogP contribution in [0, 0.1) is 0 Å². The summed E-state index contributed by atoms with van der Waals surface area (Å²) in [5.74, 6) is 0. The highest BCUT2D eigenvalue weighted by Gasteiger charge is 2.30. The maximum Gasteiger partial charge on any atom is 0.137 e. The summed E-state index contributed by atoms with van der Waals surface area (Å²) in [5, 5.41) is 9.08. The second kappa shape index (κ2) is 4.95. The van der Waals surface area contributed by atoms with E-state index < -0.39 is 0 Å². The van der Waals surface area contributed by atoms with E-state index in [0.717, 1.165) is 18.5 Å². The quantitative estimate of drug-likeness (QED) is 0.841. The number of ether oxygens (including phenoxy) is 1. The average molecular weight is 221 g/mol. The molecule has 1 N–H and O–H groups in total. The minimum absolute atomic E-state index is 0.0111. The van der Waals surface area contributed by atoms with Gasteiger partial charge in [0.05, 0.1) is 12.7 Å². The lowest BCUT2D eigenvalue weighted by Crippen LogP contribution is -2.20. The van der Waals surface area contributed by atoms with Gasteiger partial charge in [-0.1, -0.05) is 31.2 Å². The number of hydrogen-bond donors (Lipinski definition) is 1. The summed E-state index contributed by atoms with van der Waals surface area (Å²) in [6.45, 7) is 3.03. The normalized spacial score (nSPS) is 26.2. The predicted octanol–water partition coefficient (Wildman–Crippen LogP) is 1.57. The zero-order valence-electron chi connectivity index (χ0n) is 9.89. The van der Waals surface area contributed by atoms with Crippen LogP contribution in [0.2, 0.25) is 0 Å². The lowest BCUT2D eigenvalue weighted by Gasteiger charge is -2.18. The van der Waals surface area contributed by atoms with E-state index in [-0.39, 0.29) is 18.9 Å². The summed E-state index contributed by atoms with van der Waals surface area (Å²) in [6, 6.07) is 8.50. The minimum Gasteiger partial charge on any atom is -0.394 e. The first-order valence-corrected chi connectivity index (χ1v) is 5.80. The van der Waals surface area contributed by atoms with Crippen LogP contribution in [0.5, 0.6) is 0 Å². The summed E-state index contributed by atoms with van der Waals surface area (Å²) in [5.41, 5.74) is 2.50. The molecule has 0 amide bonds. The van der Waals surface area contributed by atoms with Crippen molar-refractivity contribution in [2.45, 2.75) is 25.7 Å². The Hall–Kier alpha value is -0.900. The number of rotatable bonds is 3.